The number of rotatable bonds is 2. The lowest BCUT2D eigenvalue weighted by Crippen LogP contribution is -2.02. The van der Waals surface area contributed by atoms with Crippen molar-refractivity contribution in [3.63, 3.8) is 0 Å². The Morgan fingerprint density at radius 1 is 1.17 bits per heavy atom. The van der Waals surface area contributed by atoms with Gasteiger partial charge in [-0.15, -0.1) is 10.2 Å². The second-order valence-corrected chi connectivity index (χ2v) is 6.18. The van der Waals surface area contributed by atoms with E-state index in [1.165, 1.54) is 19.3 Å². The quantitative estimate of drug-likeness (QED) is 0.850. The fraction of sp³-hybridized carbons (Fsp3) is 0.417. The van der Waals surface area contributed by atoms with Gasteiger partial charge in [-0.2, -0.15) is 0 Å². The van der Waals surface area contributed by atoms with Crippen LogP contribution >= 0.6 is 27.7 Å². The Kier molecular flexibility index (Phi) is 3.65. The third-order valence-electron chi connectivity index (χ3n) is 2.97. The molecule has 0 bridgehead atoms. The summed E-state index contributed by atoms with van der Waals surface area (Å²) in [7, 11) is 0. The smallest absolute Gasteiger partial charge is 0.197 e. The molecule has 3 heterocycles. The Labute approximate surface area is 118 Å². The zero-order chi connectivity index (χ0) is 12.4. The van der Waals surface area contributed by atoms with Gasteiger partial charge in [0.05, 0.1) is 0 Å². The first-order chi connectivity index (χ1) is 8.83. The van der Waals surface area contributed by atoms with Gasteiger partial charge in [-0.1, -0.05) is 6.42 Å². The minimum absolute atomic E-state index is 0.956. The molecule has 94 valence electrons. The van der Waals surface area contributed by atoms with E-state index < -0.39 is 0 Å². The zero-order valence-corrected chi connectivity index (χ0v) is 12.2. The number of aryl methyl sites for hydroxylation is 1. The molecule has 6 heteroatoms. The van der Waals surface area contributed by atoms with Crippen LogP contribution in [0, 0.1) is 0 Å². The monoisotopic (exact) mass is 324 g/mol. The number of aromatic nitrogens is 4. The van der Waals surface area contributed by atoms with E-state index in [1.54, 1.807) is 11.8 Å². The summed E-state index contributed by atoms with van der Waals surface area (Å²) in [5.41, 5.74) is 0. The Hall–Kier alpha value is -0.880. The van der Waals surface area contributed by atoms with Crippen molar-refractivity contribution in [2.75, 3.05) is 0 Å². The highest BCUT2D eigenvalue weighted by Gasteiger charge is 2.15. The Balaban J connectivity index is 1.84. The zero-order valence-electron chi connectivity index (χ0n) is 9.84. The van der Waals surface area contributed by atoms with Crippen molar-refractivity contribution in [3.05, 3.63) is 28.6 Å². The third kappa shape index (κ3) is 2.59. The van der Waals surface area contributed by atoms with Gasteiger partial charge in [0.2, 0.25) is 0 Å². The van der Waals surface area contributed by atoms with Gasteiger partial charge in [-0.05, 0) is 52.7 Å². The van der Waals surface area contributed by atoms with E-state index in [1.807, 2.05) is 18.3 Å². The van der Waals surface area contributed by atoms with Crippen LogP contribution < -0.4 is 0 Å². The summed E-state index contributed by atoms with van der Waals surface area (Å²) in [6.45, 7) is 1.03. The van der Waals surface area contributed by atoms with E-state index in [0.29, 0.717) is 0 Å². The molecule has 0 aromatic carbocycles. The molecule has 0 N–H and O–H groups in total. The highest BCUT2D eigenvalue weighted by atomic mass is 79.9. The molecule has 4 nitrogen and oxygen atoms in total. The maximum Gasteiger partial charge on any atom is 0.197 e. The van der Waals surface area contributed by atoms with Gasteiger partial charge >= 0.3 is 0 Å². The summed E-state index contributed by atoms with van der Waals surface area (Å²) < 4.78 is 3.23. The second-order valence-electron chi connectivity index (χ2n) is 4.28. The lowest BCUT2D eigenvalue weighted by Gasteiger charge is -2.05. The van der Waals surface area contributed by atoms with Crippen LogP contribution in [-0.2, 0) is 13.0 Å². The maximum atomic E-state index is 4.36. The van der Waals surface area contributed by atoms with E-state index in [-0.39, 0.29) is 0 Å². The van der Waals surface area contributed by atoms with Gasteiger partial charge < -0.3 is 4.57 Å². The van der Waals surface area contributed by atoms with Gasteiger partial charge in [0, 0.05) is 23.6 Å². The van der Waals surface area contributed by atoms with Crippen molar-refractivity contribution in [2.45, 2.75) is 42.4 Å². The van der Waals surface area contributed by atoms with Crippen LogP contribution in [0.1, 0.15) is 25.1 Å². The van der Waals surface area contributed by atoms with Crippen molar-refractivity contribution in [3.8, 4) is 0 Å². The molecule has 2 aromatic heterocycles. The average Bonchev–Trinajstić information content (AvgIpc) is 2.62. The molecule has 2 aromatic rings. The molecule has 1 aliphatic heterocycles. The normalized spacial score (nSPS) is 15.2. The number of halogens is 1. The van der Waals surface area contributed by atoms with E-state index in [0.717, 1.165) is 33.4 Å². The van der Waals surface area contributed by atoms with Gasteiger partial charge in [-0.3, -0.25) is 0 Å². The Morgan fingerprint density at radius 2 is 2.11 bits per heavy atom. The summed E-state index contributed by atoms with van der Waals surface area (Å²) in [4.78, 5) is 4.36. The number of fused-ring (bicyclic) bond motifs is 1. The van der Waals surface area contributed by atoms with E-state index in [2.05, 4.69) is 35.7 Å². The second kappa shape index (κ2) is 5.40. The van der Waals surface area contributed by atoms with Crippen molar-refractivity contribution >= 4 is 27.7 Å². The molecule has 0 aliphatic carbocycles. The molecule has 0 spiro atoms. The summed E-state index contributed by atoms with van der Waals surface area (Å²) in [6, 6.07) is 3.99. The lowest BCUT2D eigenvalue weighted by atomic mass is 10.2. The third-order valence-corrected chi connectivity index (χ3v) is 4.38. The topological polar surface area (TPSA) is 43.6 Å². The Morgan fingerprint density at radius 3 is 2.94 bits per heavy atom. The number of nitrogens with zero attached hydrogens (tertiary/aromatic N) is 4. The molecule has 3 rings (SSSR count). The largest absolute Gasteiger partial charge is 0.306 e. The number of pyridine rings is 1. The van der Waals surface area contributed by atoms with Gasteiger partial charge in [0.25, 0.3) is 0 Å². The van der Waals surface area contributed by atoms with Crippen LogP contribution in [0.5, 0.6) is 0 Å². The molecular weight excluding hydrogens is 312 g/mol. The van der Waals surface area contributed by atoms with Crippen LogP contribution in [0.2, 0.25) is 0 Å². The molecule has 1 aliphatic rings. The SMILES string of the molecule is Brc1ccc(Sc2nnc3n2CCCCC3)nc1. The molecular formula is C12H13BrN4S. The molecule has 18 heavy (non-hydrogen) atoms. The minimum Gasteiger partial charge on any atom is -0.306 e. The molecule has 0 saturated carbocycles. The average molecular weight is 325 g/mol. The van der Waals surface area contributed by atoms with Crippen LogP contribution in [0.4, 0.5) is 0 Å². The fourth-order valence-corrected chi connectivity index (χ4v) is 3.10. The van der Waals surface area contributed by atoms with Crippen molar-refractivity contribution in [2.24, 2.45) is 0 Å². The lowest BCUT2D eigenvalue weighted by molar-refractivity contribution is 0.590. The first-order valence-electron chi connectivity index (χ1n) is 6.04. The van der Waals surface area contributed by atoms with Crippen molar-refractivity contribution in [1.82, 2.24) is 19.7 Å². The summed E-state index contributed by atoms with van der Waals surface area (Å²) >= 11 is 4.97. The van der Waals surface area contributed by atoms with Crippen LogP contribution in [0.25, 0.3) is 0 Å². The maximum absolute atomic E-state index is 4.36. The molecule has 0 radical (unpaired) electrons. The minimum atomic E-state index is 0.956. The van der Waals surface area contributed by atoms with E-state index in [4.69, 9.17) is 0 Å². The fourth-order valence-electron chi connectivity index (χ4n) is 2.05. The highest BCUT2D eigenvalue weighted by molar-refractivity contribution is 9.10. The summed E-state index contributed by atoms with van der Waals surface area (Å²) in [5.74, 6) is 1.12. The van der Waals surface area contributed by atoms with Gasteiger partial charge in [0.15, 0.2) is 5.16 Å². The molecule has 0 amide bonds. The van der Waals surface area contributed by atoms with Crippen molar-refractivity contribution < 1.29 is 0 Å². The first-order valence-corrected chi connectivity index (χ1v) is 7.65. The van der Waals surface area contributed by atoms with Gasteiger partial charge in [-0.25, -0.2) is 4.98 Å². The van der Waals surface area contributed by atoms with E-state index >= 15 is 0 Å². The highest BCUT2D eigenvalue weighted by Crippen LogP contribution is 2.27. The van der Waals surface area contributed by atoms with Gasteiger partial charge in [0.1, 0.15) is 10.9 Å². The predicted molar refractivity (Wildman–Crippen MR) is 73.6 cm³/mol. The number of hydrogen-bond donors (Lipinski definition) is 0. The molecule has 0 unspecified atom stereocenters. The number of hydrogen-bond acceptors (Lipinski definition) is 4. The summed E-state index contributed by atoms with van der Waals surface area (Å²) in [5, 5.41) is 10.5. The molecule has 0 saturated heterocycles. The summed E-state index contributed by atoms with van der Waals surface area (Å²) in [6.07, 6.45) is 6.57. The van der Waals surface area contributed by atoms with E-state index in [9.17, 15) is 0 Å². The van der Waals surface area contributed by atoms with Crippen LogP contribution in [-0.4, -0.2) is 19.7 Å². The first kappa shape index (κ1) is 12.2. The molecule has 0 atom stereocenters. The van der Waals surface area contributed by atoms with Crippen molar-refractivity contribution in [1.29, 1.82) is 0 Å². The van der Waals surface area contributed by atoms with Crippen LogP contribution in [0.3, 0.4) is 0 Å². The standard InChI is InChI=1S/C12H13BrN4S/c13-9-5-6-11(14-8-9)18-12-16-15-10-4-2-1-3-7-17(10)12/h5-6,8H,1-4,7H2. The molecule has 0 fully saturated rings. The predicted octanol–water partition coefficient (Wildman–Crippen LogP) is 3.31. The van der Waals surface area contributed by atoms with Crippen LogP contribution in [0.15, 0.2) is 33.0 Å². The Bertz CT molecular complexity index is 538.